The van der Waals surface area contributed by atoms with E-state index in [4.69, 9.17) is 4.74 Å². The molecule has 0 aliphatic carbocycles. The van der Waals surface area contributed by atoms with Gasteiger partial charge in [-0.1, -0.05) is 12.1 Å². The summed E-state index contributed by atoms with van der Waals surface area (Å²) in [6.45, 7) is 2.49. The lowest BCUT2D eigenvalue weighted by atomic mass is 10.3. The number of hydrogen-bond acceptors (Lipinski definition) is 4. The first-order valence-electron chi connectivity index (χ1n) is 6.04. The molecule has 6 nitrogen and oxygen atoms in total. The van der Waals surface area contributed by atoms with Crippen LogP contribution in [0.5, 0.6) is 5.75 Å². The fraction of sp³-hybridized carbons (Fsp3) is 0.417. The molecule has 1 unspecified atom stereocenters. The van der Waals surface area contributed by atoms with Crippen LogP contribution in [0.4, 0.5) is 0 Å². The molecule has 0 saturated carbocycles. The van der Waals surface area contributed by atoms with Crippen LogP contribution in [0.2, 0.25) is 0 Å². The van der Waals surface area contributed by atoms with Gasteiger partial charge in [0.1, 0.15) is 10.6 Å². The lowest BCUT2D eigenvalue weighted by Gasteiger charge is -2.14. The van der Waals surface area contributed by atoms with Crippen molar-refractivity contribution in [2.24, 2.45) is 0 Å². The molecule has 104 valence electrons. The summed E-state index contributed by atoms with van der Waals surface area (Å²) in [6, 6.07) is 6.03. The molecule has 1 aromatic carbocycles. The molecule has 1 amide bonds. The smallest absolute Gasteiger partial charge is 0.244 e. The van der Waals surface area contributed by atoms with Crippen LogP contribution in [0.3, 0.4) is 0 Å². The summed E-state index contributed by atoms with van der Waals surface area (Å²) in [5.74, 6) is 0.167. The zero-order chi connectivity index (χ0) is 13.9. The lowest BCUT2D eigenvalue weighted by molar-refractivity contribution is -0.119. The highest BCUT2D eigenvalue weighted by atomic mass is 32.2. The Labute approximate surface area is 112 Å². The molecule has 1 heterocycles. The molecule has 1 aliphatic rings. The van der Waals surface area contributed by atoms with Crippen molar-refractivity contribution in [1.29, 1.82) is 0 Å². The maximum atomic E-state index is 12.3. The maximum absolute atomic E-state index is 12.3. The van der Waals surface area contributed by atoms with Crippen LogP contribution in [0, 0.1) is 0 Å². The molecule has 7 heteroatoms. The number of sulfonamides is 1. The average Bonchev–Trinajstić information content (AvgIpc) is 2.75. The normalized spacial score (nSPS) is 19.2. The Balaban J connectivity index is 2.21. The number of amides is 1. The van der Waals surface area contributed by atoms with Crippen LogP contribution in [-0.4, -0.2) is 33.5 Å². The van der Waals surface area contributed by atoms with Gasteiger partial charge in [-0.3, -0.25) is 4.79 Å². The van der Waals surface area contributed by atoms with Gasteiger partial charge in [-0.2, -0.15) is 0 Å². The number of para-hydroxylation sites is 1. The second kappa shape index (κ2) is 5.58. The number of hydrogen-bond donors (Lipinski definition) is 2. The standard InChI is InChI=1S/C12H16N2O4S/c1-2-18-10-5-3-4-6-11(10)19(16,17)14-9-7-12(15)13-8-9/h3-6,9,14H,2,7-8H2,1H3,(H,13,15). The van der Waals surface area contributed by atoms with Crippen molar-refractivity contribution in [1.82, 2.24) is 10.0 Å². The zero-order valence-electron chi connectivity index (χ0n) is 10.5. The highest BCUT2D eigenvalue weighted by Crippen LogP contribution is 2.23. The van der Waals surface area contributed by atoms with E-state index in [1.165, 1.54) is 6.07 Å². The van der Waals surface area contributed by atoms with E-state index in [1.807, 2.05) is 0 Å². The summed E-state index contributed by atoms with van der Waals surface area (Å²) in [6.07, 6.45) is 0.163. The van der Waals surface area contributed by atoms with Crippen LogP contribution in [0.1, 0.15) is 13.3 Å². The van der Waals surface area contributed by atoms with E-state index >= 15 is 0 Å². The minimum Gasteiger partial charge on any atom is -0.492 e. The summed E-state index contributed by atoms with van der Waals surface area (Å²) in [5, 5.41) is 2.59. The number of carbonyl (C=O) groups excluding carboxylic acids is 1. The van der Waals surface area contributed by atoms with Crippen molar-refractivity contribution in [3.8, 4) is 5.75 Å². The molecule has 19 heavy (non-hydrogen) atoms. The highest BCUT2D eigenvalue weighted by Gasteiger charge is 2.28. The van der Waals surface area contributed by atoms with Crippen molar-refractivity contribution in [2.75, 3.05) is 13.2 Å². The number of nitrogens with one attached hydrogen (secondary N) is 2. The fourth-order valence-corrected chi connectivity index (χ4v) is 3.30. The molecule has 0 bridgehead atoms. The second-order valence-electron chi connectivity index (χ2n) is 4.21. The predicted molar refractivity (Wildman–Crippen MR) is 69.3 cm³/mol. The van der Waals surface area contributed by atoms with Crippen molar-refractivity contribution in [2.45, 2.75) is 24.3 Å². The van der Waals surface area contributed by atoms with Crippen LogP contribution in [0.15, 0.2) is 29.2 Å². The molecular formula is C12H16N2O4S. The number of rotatable bonds is 5. The Bertz CT molecular complexity index is 571. The van der Waals surface area contributed by atoms with Gasteiger partial charge >= 0.3 is 0 Å². The third-order valence-electron chi connectivity index (χ3n) is 2.74. The van der Waals surface area contributed by atoms with E-state index < -0.39 is 16.1 Å². The van der Waals surface area contributed by atoms with E-state index in [1.54, 1.807) is 25.1 Å². The Morgan fingerprint density at radius 2 is 2.16 bits per heavy atom. The van der Waals surface area contributed by atoms with Crippen molar-refractivity contribution < 1.29 is 17.9 Å². The van der Waals surface area contributed by atoms with Crippen LogP contribution in [0.25, 0.3) is 0 Å². The summed E-state index contributed by atoms with van der Waals surface area (Å²) >= 11 is 0. The van der Waals surface area contributed by atoms with Gasteiger partial charge in [0, 0.05) is 19.0 Å². The molecule has 1 aromatic rings. The van der Waals surface area contributed by atoms with Gasteiger partial charge in [0.25, 0.3) is 0 Å². The van der Waals surface area contributed by atoms with Gasteiger partial charge < -0.3 is 10.1 Å². The molecule has 1 fully saturated rings. The summed E-state index contributed by atoms with van der Waals surface area (Å²) in [5.41, 5.74) is 0. The Morgan fingerprint density at radius 1 is 1.42 bits per heavy atom. The number of ether oxygens (including phenoxy) is 1. The minimum atomic E-state index is -3.69. The molecule has 1 aliphatic heterocycles. The van der Waals surface area contributed by atoms with E-state index in [2.05, 4.69) is 10.0 Å². The Morgan fingerprint density at radius 3 is 2.79 bits per heavy atom. The van der Waals surface area contributed by atoms with Crippen molar-refractivity contribution >= 4 is 15.9 Å². The SMILES string of the molecule is CCOc1ccccc1S(=O)(=O)NC1CNC(=O)C1. The maximum Gasteiger partial charge on any atom is 0.244 e. The monoisotopic (exact) mass is 284 g/mol. The van der Waals surface area contributed by atoms with Gasteiger partial charge in [0.05, 0.1) is 6.61 Å². The summed E-state index contributed by atoms with van der Waals surface area (Å²) in [7, 11) is -3.69. The zero-order valence-corrected chi connectivity index (χ0v) is 11.4. The van der Waals surface area contributed by atoms with Crippen LogP contribution in [-0.2, 0) is 14.8 Å². The van der Waals surface area contributed by atoms with Gasteiger partial charge in [0.15, 0.2) is 0 Å². The van der Waals surface area contributed by atoms with E-state index in [9.17, 15) is 13.2 Å². The number of benzene rings is 1. The van der Waals surface area contributed by atoms with Crippen LogP contribution >= 0.6 is 0 Å². The van der Waals surface area contributed by atoms with Gasteiger partial charge in [-0.05, 0) is 19.1 Å². The molecule has 0 spiro atoms. The second-order valence-corrected chi connectivity index (χ2v) is 5.89. The molecular weight excluding hydrogens is 268 g/mol. The third-order valence-corrected chi connectivity index (χ3v) is 4.30. The van der Waals surface area contributed by atoms with Gasteiger partial charge in [-0.25, -0.2) is 13.1 Å². The Kier molecular flexibility index (Phi) is 4.06. The Hall–Kier alpha value is -1.60. The predicted octanol–water partition coefficient (Wildman–Crippen LogP) is 0.252. The molecule has 1 saturated heterocycles. The molecule has 2 rings (SSSR count). The van der Waals surface area contributed by atoms with E-state index in [0.717, 1.165) is 0 Å². The van der Waals surface area contributed by atoms with E-state index in [0.29, 0.717) is 18.9 Å². The van der Waals surface area contributed by atoms with Crippen LogP contribution < -0.4 is 14.8 Å². The first kappa shape index (κ1) is 13.8. The van der Waals surface area contributed by atoms with Gasteiger partial charge in [0.2, 0.25) is 15.9 Å². The first-order chi connectivity index (χ1) is 9.03. The van der Waals surface area contributed by atoms with Crippen molar-refractivity contribution in [3.05, 3.63) is 24.3 Å². The van der Waals surface area contributed by atoms with E-state index in [-0.39, 0.29) is 17.2 Å². The molecule has 0 radical (unpaired) electrons. The minimum absolute atomic E-state index is 0.0937. The van der Waals surface area contributed by atoms with Crippen molar-refractivity contribution in [3.63, 3.8) is 0 Å². The summed E-state index contributed by atoms with van der Waals surface area (Å²) in [4.78, 5) is 11.2. The topological polar surface area (TPSA) is 84.5 Å². The third kappa shape index (κ3) is 3.24. The molecule has 0 aromatic heterocycles. The quantitative estimate of drug-likeness (QED) is 0.812. The van der Waals surface area contributed by atoms with Gasteiger partial charge in [-0.15, -0.1) is 0 Å². The lowest BCUT2D eigenvalue weighted by Crippen LogP contribution is -2.36. The highest BCUT2D eigenvalue weighted by molar-refractivity contribution is 7.89. The fourth-order valence-electron chi connectivity index (χ4n) is 1.92. The largest absolute Gasteiger partial charge is 0.492 e. The first-order valence-corrected chi connectivity index (χ1v) is 7.52. The molecule has 2 N–H and O–H groups in total. The average molecular weight is 284 g/mol. The molecule has 1 atom stereocenters. The summed E-state index contributed by atoms with van der Waals surface area (Å²) < 4.78 is 32.3. The number of carbonyl (C=O) groups is 1.